The van der Waals surface area contributed by atoms with Crippen molar-refractivity contribution >= 4 is 52.2 Å². The molecule has 0 saturated heterocycles. The standard InChI is InChI=1S/C19H16Cl2F3N5OS/c1-29-16(9-25-13-5-3-12(20)4-6-13)27-28-18(29)31-10-17(30)26-15-8-11(19(22,23)24)2-7-14(15)21/h2-8,25H,9-10H2,1H3,(H,26,30). The molecule has 3 rings (SSSR count). The third-order valence-corrected chi connectivity index (χ3v) is 5.72. The minimum Gasteiger partial charge on any atom is -0.378 e. The summed E-state index contributed by atoms with van der Waals surface area (Å²) in [6.45, 7) is 0.401. The summed E-state index contributed by atoms with van der Waals surface area (Å²) in [6, 6.07) is 9.93. The van der Waals surface area contributed by atoms with Crippen LogP contribution in [0.2, 0.25) is 10.0 Å². The molecule has 0 saturated carbocycles. The second kappa shape index (κ2) is 9.80. The number of nitrogens with one attached hydrogen (secondary N) is 2. The summed E-state index contributed by atoms with van der Waals surface area (Å²) in [5.41, 5.74) is -0.141. The molecule has 3 aromatic rings. The number of aromatic nitrogens is 3. The van der Waals surface area contributed by atoms with Crippen molar-refractivity contribution in [2.75, 3.05) is 16.4 Å². The highest BCUT2D eigenvalue weighted by Crippen LogP contribution is 2.34. The Morgan fingerprint density at radius 3 is 2.52 bits per heavy atom. The lowest BCUT2D eigenvalue weighted by Gasteiger charge is -2.11. The van der Waals surface area contributed by atoms with Gasteiger partial charge in [-0.15, -0.1) is 10.2 Å². The second-order valence-electron chi connectivity index (χ2n) is 6.35. The van der Waals surface area contributed by atoms with Crippen LogP contribution in [-0.4, -0.2) is 26.4 Å². The minimum absolute atomic E-state index is 0.0144. The van der Waals surface area contributed by atoms with E-state index in [1.807, 2.05) is 12.1 Å². The van der Waals surface area contributed by atoms with Crippen LogP contribution in [0.4, 0.5) is 24.5 Å². The van der Waals surface area contributed by atoms with Gasteiger partial charge in [0, 0.05) is 17.8 Å². The smallest absolute Gasteiger partial charge is 0.378 e. The molecule has 2 aromatic carbocycles. The van der Waals surface area contributed by atoms with Gasteiger partial charge in [0.15, 0.2) is 11.0 Å². The number of thioether (sulfide) groups is 1. The van der Waals surface area contributed by atoms with E-state index in [0.717, 1.165) is 35.6 Å². The van der Waals surface area contributed by atoms with E-state index in [0.29, 0.717) is 22.5 Å². The first-order valence-corrected chi connectivity index (χ1v) is 10.5. The predicted molar refractivity (Wildman–Crippen MR) is 116 cm³/mol. The number of rotatable bonds is 7. The van der Waals surface area contributed by atoms with Crippen LogP contribution in [0.15, 0.2) is 47.6 Å². The van der Waals surface area contributed by atoms with E-state index < -0.39 is 17.6 Å². The lowest BCUT2D eigenvalue weighted by Crippen LogP contribution is -2.16. The molecule has 12 heteroatoms. The van der Waals surface area contributed by atoms with Gasteiger partial charge < -0.3 is 15.2 Å². The Morgan fingerprint density at radius 1 is 1.13 bits per heavy atom. The van der Waals surface area contributed by atoms with E-state index >= 15 is 0 Å². The number of alkyl halides is 3. The Labute approximate surface area is 190 Å². The molecule has 0 atom stereocenters. The van der Waals surface area contributed by atoms with Gasteiger partial charge >= 0.3 is 6.18 Å². The molecule has 1 heterocycles. The van der Waals surface area contributed by atoms with Crippen LogP contribution in [0.25, 0.3) is 0 Å². The van der Waals surface area contributed by atoms with E-state index in [9.17, 15) is 18.0 Å². The molecule has 0 radical (unpaired) electrons. The number of halogens is 5. The molecule has 0 bridgehead atoms. The maximum atomic E-state index is 12.9. The van der Waals surface area contributed by atoms with Crippen molar-refractivity contribution in [2.45, 2.75) is 17.9 Å². The molecule has 0 aliphatic carbocycles. The number of nitrogens with zero attached hydrogens (tertiary/aromatic N) is 3. The van der Waals surface area contributed by atoms with Gasteiger partial charge in [-0.05, 0) is 42.5 Å². The third kappa shape index (κ3) is 6.28. The first-order chi connectivity index (χ1) is 14.6. The molecule has 0 spiro atoms. The molecule has 164 valence electrons. The van der Waals surface area contributed by atoms with Gasteiger partial charge in [-0.25, -0.2) is 0 Å². The van der Waals surface area contributed by atoms with Crippen LogP contribution in [0.1, 0.15) is 11.4 Å². The molecule has 1 aromatic heterocycles. The number of hydrogen-bond donors (Lipinski definition) is 2. The van der Waals surface area contributed by atoms with Crippen LogP contribution in [-0.2, 0) is 24.6 Å². The Hall–Kier alpha value is -2.43. The van der Waals surface area contributed by atoms with Gasteiger partial charge in [0.25, 0.3) is 0 Å². The molecule has 0 aliphatic heterocycles. The fraction of sp³-hybridized carbons (Fsp3) is 0.211. The summed E-state index contributed by atoms with van der Waals surface area (Å²) in [7, 11) is 1.75. The van der Waals surface area contributed by atoms with Gasteiger partial charge in [-0.2, -0.15) is 13.2 Å². The Bertz CT molecular complexity index is 1070. The number of carbonyl (C=O) groups is 1. The van der Waals surface area contributed by atoms with E-state index in [1.165, 1.54) is 0 Å². The lowest BCUT2D eigenvalue weighted by atomic mass is 10.2. The summed E-state index contributed by atoms with van der Waals surface area (Å²) in [5, 5.41) is 14.8. The van der Waals surface area contributed by atoms with Gasteiger partial charge in [0.1, 0.15) is 0 Å². The molecule has 0 unspecified atom stereocenters. The van der Waals surface area contributed by atoms with Crippen molar-refractivity contribution in [3.05, 3.63) is 63.9 Å². The number of hydrogen-bond acceptors (Lipinski definition) is 5. The Balaban J connectivity index is 1.57. The van der Waals surface area contributed by atoms with Crippen LogP contribution in [0, 0.1) is 0 Å². The van der Waals surface area contributed by atoms with E-state index in [1.54, 1.807) is 23.7 Å². The number of anilines is 2. The Morgan fingerprint density at radius 2 is 1.84 bits per heavy atom. The predicted octanol–water partition coefficient (Wildman–Crippen LogP) is 5.48. The normalized spacial score (nSPS) is 11.4. The average molecular weight is 490 g/mol. The molecule has 6 nitrogen and oxygen atoms in total. The highest BCUT2D eigenvalue weighted by molar-refractivity contribution is 7.99. The average Bonchev–Trinajstić information content (AvgIpc) is 3.06. The second-order valence-corrected chi connectivity index (χ2v) is 8.13. The Kier molecular flexibility index (Phi) is 7.34. The quantitative estimate of drug-likeness (QED) is 0.429. The monoisotopic (exact) mass is 489 g/mol. The van der Waals surface area contributed by atoms with E-state index in [4.69, 9.17) is 23.2 Å². The molecule has 0 fully saturated rings. The molecule has 2 N–H and O–H groups in total. The maximum absolute atomic E-state index is 12.9. The molecular formula is C19H16Cl2F3N5OS. The van der Waals surface area contributed by atoms with Gasteiger partial charge in [-0.1, -0.05) is 35.0 Å². The van der Waals surface area contributed by atoms with Gasteiger partial charge in [0.05, 0.1) is 28.6 Å². The largest absolute Gasteiger partial charge is 0.416 e. The SMILES string of the molecule is Cn1c(CNc2ccc(Cl)cc2)nnc1SCC(=O)Nc1cc(C(F)(F)F)ccc1Cl. The molecule has 0 aliphatic rings. The number of amides is 1. The van der Waals surface area contributed by atoms with Crippen molar-refractivity contribution in [1.82, 2.24) is 14.8 Å². The fourth-order valence-corrected chi connectivity index (χ4v) is 3.51. The van der Waals surface area contributed by atoms with Crippen LogP contribution in [0.5, 0.6) is 0 Å². The summed E-state index contributed by atoms with van der Waals surface area (Å²) in [6.07, 6.45) is -4.53. The fourth-order valence-electron chi connectivity index (χ4n) is 2.49. The maximum Gasteiger partial charge on any atom is 0.416 e. The van der Waals surface area contributed by atoms with Crippen molar-refractivity contribution in [3.8, 4) is 0 Å². The summed E-state index contributed by atoms with van der Waals surface area (Å²) >= 11 is 12.9. The summed E-state index contributed by atoms with van der Waals surface area (Å²) in [5.74, 6) is 0.0391. The van der Waals surface area contributed by atoms with Crippen LogP contribution in [0.3, 0.4) is 0 Å². The highest BCUT2D eigenvalue weighted by Gasteiger charge is 2.31. The van der Waals surface area contributed by atoms with Crippen LogP contribution < -0.4 is 10.6 Å². The molecular weight excluding hydrogens is 474 g/mol. The zero-order chi connectivity index (χ0) is 22.6. The van der Waals surface area contributed by atoms with Crippen molar-refractivity contribution in [3.63, 3.8) is 0 Å². The van der Waals surface area contributed by atoms with Crippen molar-refractivity contribution in [2.24, 2.45) is 7.05 Å². The van der Waals surface area contributed by atoms with E-state index in [2.05, 4.69) is 20.8 Å². The lowest BCUT2D eigenvalue weighted by molar-refractivity contribution is -0.137. The first kappa shape index (κ1) is 23.2. The first-order valence-electron chi connectivity index (χ1n) is 8.80. The number of benzene rings is 2. The third-order valence-electron chi connectivity index (χ3n) is 4.12. The highest BCUT2D eigenvalue weighted by atomic mass is 35.5. The van der Waals surface area contributed by atoms with Gasteiger partial charge in [-0.3, -0.25) is 4.79 Å². The van der Waals surface area contributed by atoms with Crippen molar-refractivity contribution in [1.29, 1.82) is 0 Å². The van der Waals surface area contributed by atoms with Crippen LogP contribution >= 0.6 is 35.0 Å². The van der Waals surface area contributed by atoms with Gasteiger partial charge in [0.2, 0.25) is 5.91 Å². The molecule has 31 heavy (non-hydrogen) atoms. The minimum atomic E-state index is -4.53. The molecule has 1 amide bonds. The summed E-state index contributed by atoms with van der Waals surface area (Å²) < 4.78 is 40.3. The van der Waals surface area contributed by atoms with Crippen molar-refractivity contribution < 1.29 is 18.0 Å². The van der Waals surface area contributed by atoms with E-state index in [-0.39, 0.29) is 16.5 Å². The number of carbonyl (C=O) groups excluding carboxylic acids is 1. The topological polar surface area (TPSA) is 71.8 Å². The summed E-state index contributed by atoms with van der Waals surface area (Å²) in [4.78, 5) is 12.2. The zero-order valence-electron chi connectivity index (χ0n) is 16.0. The zero-order valence-corrected chi connectivity index (χ0v) is 18.3.